The molecule has 0 bridgehead atoms. The van der Waals surface area contributed by atoms with E-state index in [1.807, 2.05) is 30.3 Å². The van der Waals surface area contributed by atoms with Gasteiger partial charge in [-0.3, -0.25) is 14.7 Å². The van der Waals surface area contributed by atoms with Crippen molar-refractivity contribution in [2.24, 2.45) is 0 Å². The largest absolute Gasteiger partial charge is 0.482 e. The van der Waals surface area contributed by atoms with Gasteiger partial charge in [-0.25, -0.2) is 9.48 Å². The summed E-state index contributed by atoms with van der Waals surface area (Å²) in [5.41, 5.74) is 3.20. The normalized spacial score (nSPS) is 17.4. The van der Waals surface area contributed by atoms with Gasteiger partial charge in [0.25, 0.3) is 5.56 Å². The summed E-state index contributed by atoms with van der Waals surface area (Å²) >= 11 is 0. The highest BCUT2D eigenvalue weighted by molar-refractivity contribution is 6.00. The fourth-order valence-corrected chi connectivity index (χ4v) is 4.43. The number of carboxylic acids is 1. The van der Waals surface area contributed by atoms with Crippen LogP contribution >= 0.6 is 0 Å². The predicted molar refractivity (Wildman–Crippen MR) is 117 cm³/mol. The van der Waals surface area contributed by atoms with Gasteiger partial charge in [0.05, 0.1) is 11.3 Å². The zero-order chi connectivity index (χ0) is 22.2. The minimum Gasteiger partial charge on any atom is -0.482 e. The van der Waals surface area contributed by atoms with Crippen molar-refractivity contribution in [3.63, 3.8) is 0 Å². The van der Waals surface area contributed by atoms with E-state index >= 15 is 0 Å². The number of hydrogen-bond donors (Lipinski definition) is 3. The molecule has 3 aromatic rings. The molecule has 2 heterocycles. The molecule has 1 atom stereocenters. The Hall–Kier alpha value is -4.07. The van der Waals surface area contributed by atoms with Crippen LogP contribution in [0.2, 0.25) is 0 Å². The maximum absolute atomic E-state index is 13.5. The number of aliphatic carboxylic acids is 1. The average molecular weight is 431 g/mol. The van der Waals surface area contributed by atoms with Crippen LogP contribution < -0.4 is 15.6 Å². The molecule has 8 nitrogen and oxygen atoms in total. The first-order valence-corrected chi connectivity index (χ1v) is 10.4. The molecule has 2 aliphatic rings. The molecule has 0 saturated heterocycles. The Morgan fingerprint density at radius 1 is 1.06 bits per heavy atom. The van der Waals surface area contributed by atoms with E-state index in [2.05, 4.69) is 10.4 Å². The Kier molecular flexibility index (Phi) is 4.89. The van der Waals surface area contributed by atoms with E-state index in [1.54, 1.807) is 24.3 Å². The number of carboxylic acid groups (broad SMARTS) is 1. The van der Waals surface area contributed by atoms with E-state index in [0.29, 0.717) is 34.8 Å². The second-order valence-electron chi connectivity index (χ2n) is 7.86. The van der Waals surface area contributed by atoms with Crippen molar-refractivity contribution in [2.75, 3.05) is 11.9 Å². The predicted octanol–water partition coefficient (Wildman–Crippen LogP) is 3.19. The highest BCUT2D eigenvalue weighted by atomic mass is 16.5. The third kappa shape index (κ3) is 3.39. The molecule has 0 fully saturated rings. The number of Topliss-reactive ketones (excluding diaryl/α,β-unsaturated/α-hetero) is 1. The first-order valence-electron chi connectivity index (χ1n) is 10.4. The maximum atomic E-state index is 13.5. The molecule has 32 heavy (non-hydrogen) atoms. The van der Waals surface area contributed by atoms with Gasteiger partial charge in [-0.15, -0.1) is 0 Å². The molecule has 5 rings (SSSR count). The molecular weight excluding hydrogens is 410 g/mol. The van der Waals surface area contributed by atoms with Crippen molar-refractivity contribution in [3.8, 4) is 11.4 Å². The zero-order valence-electron chi connectivity index (χ0n) is 17.1. The molecule has 1 aliphatic heterocycles. The molecular formula is C24H21N3O5. The topological polar surface area (TPSA) is 113 Å². The van der Waals surface area contributed by atoms with Gasteiger partial charge in [-0.2, -0.15) is 0 Å². The van der Waals surface area contributed by atoms with Crippen LogP contribution in [-0.2, 0) is 9.59 Å². The number of anilines is 1. The number of nitrogens with zero attached hydrogens (tertiary/aromatic N) is 1. The van der Waals surface area contributed by atoms with Crippen molar-refractivity contribution < 1.29 is 19.4 Å². The number of rotatable bonds is 5. The van der Waals surface area contributed by atoms with Crippen LogP contribution in [0.4, 0.5) is 5.82 Å². The van der Waals surface area contributed by atoms with Gasteiger partial charge in [0.15, 0.2) is 12.4 Å². The lowest BCUT2D eigenvalue weighted by atomic mass is 9.77. The fraction of sp³-hybridized carbons (Fsp3) is 0.208. The molecule has 3 N–H and O–H groups in total. The van der Waals surface area contributed by atoms with Crippen LogP contribution in [0.25, 0.3) is 5.69 Å². The standard InChI is InChI=1S/C24H21N3O5/c28-18-8-4-7-17-21(18)20(14-9-11-16(12-10-14)32-13-19(29)30)22-23(25-17)26-27(24(22)31)15-5-2-1-3-6-15/h1-3,5-6,9-12,20,25-26H,4,7-8,13H2,(H,29,30). The summed E-state index contributed by atoms with van der Waals surface area (Å²) < 4.78 is 6.71. The maximum Gasteiger partial charge on any atom is 0.341 e. The van der Waals surface area contributed by atoms with E-state index in [1.165, 1.54) is 4.68 Å². The quantitative estimate of drug-likeness (QED) is 0.572. The van der Waals surface area contributed by atoms with Crippen LogP contribution in [-0.4, -0.2) is 33.2 Å². The summed E-state index contributed by atoms with van der Waals surface area (Å²) in [6.07, 6.45) is 1.94. The summed E-state index contributed by atoms with van der Waals surface area (Å²) in [5, 5.41) is 15.3. The van der Waals surface area contributed by atoms with Gasteiger partial charge in [0.1, 0.15) is 11.6 Å². The first kappa shape index (κ1) is 19.9. The molecule has 1 aliphatic carbocycles. The van der Waals surface area contributed by atoms with E-state index in [4.69, 9.17) is 9.84 Å². The number of aromatic nitrogens is 2. The monoisotopic (exact) mass is 431 g/mol. The molecule has 1 aromatic heterocycles. The number of para-hydroxylation sites is 1. The molecule has 8 heteroatoms. The second-order valence-corrected chi connectivity index (χ2v) is 7.86. The fourth-order valence-electron chi connectivity index (χ4n) is 4.43. The molecule has 2 aromatic carbocycles. The number of ether oxygens (including phenoxy) is 1. The summed E-state index contributed by atoms with van der Waals surface area (Å²) in [4.78, 5) is 37.2. The third-order valence-corrected chi connectivity index (χ3v) is 5.83. The summed E-state index contributed by atoms with van der Waals surface area (Å²) in [7, 11) is 0. The Balaban J connectivity index is 1.62. The lowest BCUT2D eigenvalue weighted by molar-refractivity contribution is -0.139. The number of fused-ring (bicyclic) bond motifs is 1. The van der Waals surface area contributed by atoms with Gasteiger partial charge in [-0.05, 0) is 42.7 Å². The van der Waals surface area contributed by atoms with Crippen LogP contribution in [0, 0.1) is 0 Å². The summed E-state index contributed by atoms with van der Waals surface area (Å²) in [6.45, 7) is -0.440. The van der Waals surface area contributed by atoms with Crippen molar-refractivity contribution in [1.82, 2.24) is 9.78 Å². The van der Waals surface area contributed by atoms with E-state index in [-0.39, 0.29) is 11.3 Å². The van der Waals surface area contributed by atoms with Gasteiger partial charge >= 0.3 is 5.97 Å². The number of hydrogen-bond acceptors (Lipinski definition) is 5. The Morgan fingerprint density at radius 3 is 2.53 bits per heavy atom. The van der Waals surface area contributed by atoms with Crippen molar-refractivity contribution in [1.29, 1.82) is 0 Å². The summed E-state index contributed by atoms with van der Waals surface area (Å²) in [5.74, 6) is -0.550. The lowest BCUT2D eigenvalue weighted by Gasteiger charge is -2.31. The second kappa shape index (κ2) is 7.88. The Morgan fingerprint density at radius 2 is 1.81 bits per heavy atom. The lowest BCUT2D eigenvalue weighted by Crippen LogP contribution is -2.29. The van der Waals surface area contributed by atoms with Crippen molar-refractivity contribution in [3.05, 3.63) is 87.3 Å². The number of ketones is 1. The van der Waals surface area contributed by atoms with Gasteiger partial charge in [-0.1, -0.05) is 30.3 Å². The minimum absolute atomic E-state index is 0.0347. The van der Waals surface area contributed by atoms with E-state index in [9.17, 15) is 14.4 Å². The molecule has 1 unspecified atom stereocenters. The molecule has 0 radical (unpaired) electrons. The number of carbonyl (C=O) groups is 2. The minimum atomic E-state index is -1.06. The van der Waals surface area contributed by atoms with E-state index in [0.717, 1.165) is 24.1 Å². The van der Waals surface area contributed by atoms with Crippen LogP contribution in [0.1, 0.15) is 36.3 Å². The number of nitrogens with one attached hydrogen (secondary N) is 2. The van der Waals surface area contributed by atoms with Crippen LogP contribution in [0.5, 0.6) is 5.75 Å². The zero-order valence-corrected chi connectivity index (χ0v) is 17.1. The number of allylic oxidation sites excluding steroid dienone is 2. The molecule has 0 saturated carbocycles. The highest BCUT2D eigenvalue weighted by Crippen LogP contribution is 2.43. The first-order chi connectivity index (χ1) is 15.5. The van der Waals surface area contributed by atoms with Crippen LogP contribution in [0.3, 0.4) is 0 Å². The Bertz CT molecular complexity index is 1290. The van der Waals surface area contributed by atoms with E-state index < -0.39 is 18.5 Å². The average Bonchev–Trinajstić information content (AvgIpc) is 3.13. The number of H-pyrrole nitrogens is 1. The highest BCUT2D eigenvalue weighted by Gasteiger charge is 2.38. The Labute approximate surface area is 183 Å². The number of aromatic amines is 1. The van der Waals surface area contributed by atoms with Gasteiger partial charge in [0, 0.05) is 23.6 Å². The summed E-state index contributed by atoms with van der Waals surface area (Å²) in [6, 6.07) is 16.2. The number of benzene rings is 2. The van der Waals surface area contributed by atoms with Gasteiger partial charge in [0.2, 0.25) is 0 Å². The van der Waals surface area contributed by atoms with Gasteiger partial charge < -0.3 is 15.2 Å². The molecule has 0 amide bonds. The van der Waals surface area contributed by atoms with Crippen LogP contribution in [0.15, 0.2) is 70.7 Å². The molecule has 162 valence electrons. The number of carbonyl (C=O) groups excluding carboxylic acids is 1. The smallest absolute Gasteiger partial charge is 0.341 e. The SMILES string of the molecule is O=C(O)COc1ccc(C2C3=C(CCCC3=O)Nc3[nH]n(-c4ccccc4)c(=O)c32)cc1. The molecule has 0 spiro atoms. The third-order valence-electron chi connectivity index (χ3n) is 5.83. The van der Waals surface area contributed by atoms with Crippen molar-refractivity contribution >= 4 is 17.6 Å². The van der Waals surface area contributed by atoms with Crippen molar-refractivity contribution in [2.45, 2.75) is 25.2 Å².